The van der Waals surface area contributed by atoms with Gasteiger partial charge < -0.3 is 20.8 Å². The minimum Gasteiger partial charge on any atom is -0.394 e. The van der Waals surface area contributed by atoms with Gasteiger partial charge in [-0.05, 0) is 25.3 Å². The van der Waals surface area contributed by atoms with Gasteiger partial charge in [-0.25, -0.2) is 0 Å². The molecule has 0 aliphatic carbocycles. The molecule has 1 aromatic rings. The highest BCUT2D eigenvalue weighted by atomic mass is 16.3. The molecule has 0 fully saturated rings. The van der Waals surface area contributed by atoms with Gasteiger partial charge >= 0.3 is 0 Å². The van der Waals surface area contributed by atoms with E-state index in [4.69, 9.17) is 5.11 Å². The first-order valence-corrected chi connectivity index (χ1v) is 8.46. The number of aliphatic hydroxyl groups excluding tert-OH is 2. The lowest BCUT2D eigenvalue weighted by Gasteiger charge is -2.20. The third-order valence-corrected chi connectivity index (χ3v) is 3.83. The molecule has 0 heterocycles. The summed E-state index contributed by atoms with van der Waals surface area (Å²) in [6, 6.07) is 8.79. The van der Waals surface area contributed by atoms with Gasteiger partial charge in [0, 0.05) is 12.5 Å². The van der Waals surface area contributed by atoms with Gasteiger partial charge in [-0.3, -0.25) is 9.59 Å². The van der Waals surface area contributed by atoms with Crippen molar-refractivity contribution < 1.29 is 19.8 Å². The van der Waals surface area contributed by atoms with Crippen LogP contribution in [0.2, 0.25) is 0 Å². The van der Waals surface area contributed by atoms with Crippen molar-refractivity contribution in [3.05, 3.63) is 48.6 Å². The molecule has 0 radical (unpaired) electrons. The highest BCUT2D eigenvalue weighted by Crippen LogP contribution is 2.11. The highest BCUT2D eigenvalue weighted by molar-refractivity contribution is 5.86. The van der Waals surface area contributed by atoms with Crippen molar-refractivity contribution in [1.29, 1.82) is 0 Å². The fourth-order valence-electron chi connectivity index (χ4n) is 2.46. The third kappa shape index (κ3) is 7.96. The normalized spacial score (nSPS) is 14.2. The van der Waals surface area contributed by atoms with Gasteiger partial charge in [-0.1, -0.05) is 36.4 Å². The Kier molecular flexibility index (Phi) is 9.50. The van der Waals surface area contributed by atoms with Crippen LogP contribution in [0.5, 0.6) is 0 Å². The van der Waals surface area contributed by atoms with Crippen LogP contribution in [0, 0.1) is 5.92 Å². The number of benzene rings is 1. The molecule has 1 aromatic carbocycles. The van der Waals surface area contributed by atoms with Crippen LogP contribution in [0.15, 0.2) is 43.0 Å². The summed E-state index contributed by atoms with van der Waals surface area (Å²) in [5, 5.41) is 24.0. The van der Waals surface area contributed by atoms with Crippen LogP contribution in [0.3, 0.4) is 0 Å². The summed E-state index contributed by atoms with van der Waals surface area (Å²) in [6.07, 6.45) is 2.47. The topological polar surface area (TPSA) is 98.7 Å². The van der Waals surface area contributed by atoms with E-state index in [9.17, 15) is 14.7 Å². The Hall–Kier alpha value is -2.18. The van der Waals surface area contributed by atoms with Crippen LogP contribution in [-0.4, -0.2) is 47.3 Å². The lowest BCUT2D eigenvalue weighted by atomic mass is 9.98. The fraction of sp³-hybridized carbons (Fsp3) is 0.474. The fourth-order valence-corrected chi connectivity index (χ4v) is 2.46. The lowest BCUT2D eigenvalue weighted by Crippen LogP contribution is -2.43. The van der Waals surface area contributed by atoms with E-state index in [1.807, 2.05) is 30.3 Å². The van der Waals surface area contributed by atoms with Gasteiger partial charge in [0.05, 0.1) is 25.2 Å². The molecule has 6 heteroatoms. The minimum absolute atomic E-state index is 0.00128. The Morgan fingerprint density at radius 3 is 2.40 bits per heavy atom. The average molecular weight is 348 g/mol. The molecule has 3 atom stereocenters. The standard InChI is InChI=1S/C19H28N2O4/c1-3-7-16(19(25)20-14(2)12-22)11-18(24)21-17(13-23)10-15-8-5-4-6-9-15/h3-6,8-9,14,16-17,22-23H,1,7,10-13H2,2H3,(H,20,25)(H,21,24). The van der Waals surface area contributed by atoms with Gasteiger partial charge in [0.2, 0.25) is 11.8 Å². The second kappa shape index (κ2) is 11.4. The summed E-state index contributed by atoms with van der Waals surface area (Å²) in [4.78, 5) is 24.4. The predicted octanol–water partition coefficient (Wildman–Crippen LogP) is 0.786. The van der Waals surface area contributed by atoms with Crippen LogP contribution in [0.4, 0.5) is 0 Å². The molecule has 25 heavy (non-hydrogen) atoms. The summed E-state index contributed by atoms with van der Waals surface area (Å²) in [7, 11) is 0. The Balaban J connectivity index is 2.59. The van der Waals surface area contributed by atoms with Crippen molar-refractivity contribution in [2.75, 3.05) is 13.2 Å². The molecule has 1 rings (SSSR count). The Bertz CT molecular complexity index is 548. The summed E-state index contributed by atoms with van der Waals surface area (Å²) in [5.74, 6) is -1.14. The Labute approximate surface area is 148 Å². The van der Waals surface area contributed by atoms with Gasteiger partial charge in [-0.15, -0.1) is 6.58 Å². The molecule has 6 nitrogen and oxygen atoms in total. The van der Waals surface area contributed by atoms with Crippen molar-refractivity contribution in [2.45, 2.75) is 38.3 Å². The number of rotatable bonds is 11. The minimum atomic E-state index is -0.553. The SMILES string of the molecule is C=CCC(CC(=O)NC(CO)Cc1ccccc1)C(=O)NC(C)CO. The highest BCUT2D eigenvalue weighted by Gasteiger charge is 2.23. The van der Waals surface area contributed by atoms with Crippen LogP contribution >= 0.6 is 0 Å². The van der Waals surface area contributed by atoms with E-state index < -0.39 is 12.0 Å². The van der Waals surface area contributed by atoms with Crippen LogP contribution in [-0.2, 0) is 16.0 Å². The zero-order chi connectivity index (χ0) is 18.7. The van der Waals surface area contributed by atoms with Gasteiger partial charge in [0.15, 0.2) is 0 Å². The number of nitrogens with one attached hydrogen (secondary N) is 2. The smallest absolute Gasteiger partial charge is 0.224 e. The van der Waals surface area contributed by atoms with Crippen molar-refractivity contribution in [2.24, 2.45) is 5.92 Å². The number of aliphatic hydroxyl groups is 2. The third-order valence-electron chi connectivity index (χ3n) is 3.83. The number of allylic oxidation sites excluding steroid dienone is 1. The molecule has 0 spiro atoms. The molecule has 2 amide bonds. The molecular formula is C19H28N2O4. The molecule has 0 bridgehead atoms. The Morgan fingerprint density at radius 2 is 1.84 bits per heavy atom. The zero-order valence-electron chi connectivity index (χ0n) is 14.6. The quantitative estimate of drug-likeness (QED) is 0.444. The van der Waals surface area contributed by atoms with Crippen LogP contribution in [0.25, 0.3) is 0 Å². The molecule has 0 saturated carbocycles. The van der Waals surface area contributed by atoms with Crippen molar-refractivity contribution in [3.63, 3.8) is 0 Å². The first-order chi connectivity index (χ1) is 12.0. The zero-order valence-corrected chi connectivity index (χ0v) is 14.6. The summed E-state index contributed by atoms with van der Waals surface area (Å²) >= 11 is 0. The second-order valence-electron chi connectivity index (χ2n) is 6.15. The molecule has 3 unspecified atom stereocenters. The molecule has 0 aliphatic heterocycles. The van der Waals surface area contributed by atoms with E-state index in [1.165, 1.54) is 0 Å². The van der Waals surface area contributed by atoms with E-state index in [0.29, 0.717) is 12.8 Å². The number of carbonyl (C=O) groups is 2. The van der Waals surface area contributed by atoms with E-state index in [1.54, 1.807) is 13.0 Å². The summed E-state index contributed by atoms with van der Waals surface area (Å²) in [6.45, 7) is 4.96. The maximum atomic E-state index is 12.3. The van der Waals surface area contributed by atoms with Gasteiger partial charge in [0.25, 0.3) is 0 Å². The van der Waals surface area contributed by atoms with E-state index >= 15 is 0 Å². The number of carbonyl (C=O) groups excluding carboxylic acids is 2. The van der Waals surface area contributed by atoms with Crippen LogP contribution < -0.4 is 10.6 Å². The molecule has 4 N–H and O–H groups in total. The van der Waals surface area contributed by atoms with Gasteiger partial charge in [0.1, 0.15) is 0 Å². The predicted molar refractivity (Wildman–Crippen MR) is 96.8 cm³/mol. The number of hydrogen-bond acceptors (Lipinski definition) is 4. The second-order valence-corrected chi connectivity index (χ2v) is 6.15. The van der Waals surface area contributed by atoms with Crippen molar-refractivity contribution in [3.8, 4) is 0 Å². The van der Waals surface area contributed by atoms with Crippen molar-refractivity contribution in [1.82, 2.24) is 10.6 Å². The maximum absolute atomic E-state index is 12.3. The summed E-state index contributed by atoms with van der Waals surface area (Å²) in [5.41, 5.74) is 1.01. The Morgan fingerprint density at radius 1 is 1.16 bits per heavy atom. The monoisotopic (exact) mass is 348 g/mol. The van der Waals surface area contributed by atoms with Crippen LogP contribution in [0.1, 0.15) is 25.3 Å². The molecular weight excluding hydrogens is 320 g/mol. The first kappa shape index (κ1) is 20.9. The molecule has 138 valence electrons. The average Bonchev–Trinajstić information content (AvgIpc) is 2.61. The lowest BCUT2D eigenvalue weighted by molar-refractivity contribution is -0.131. The van der Waals surface area contributed by atoms with E-state index in [-0.39, 0.29) is 37.5 Å². The van der Waals surface area contributed by atoms with E-state index in [2.05, 4.69) is 17.2 Å². The van der Waals surface area contributed by atoms with Crippen molar-refractivity contribution >= 4 is 11.8 Å². The molecule has 0 aromatic heterocycles. The van der Waals surface area contributed by atoms with E-state index in [0.717, 1.165) is 5.56 Å². The first-order valence-electron chi connectivity index (χ1n) is 8.46. The molecule has 0 aliphatic rings. The largest absolute Gasteiger partial charge is 0.394 e. The maximum Gasteiger partial charge on any atom is 0.224 e. The number of amides is 2. The molecule has 0 saturated heterocycles. The summed E-state index contributed by atoms with van der Waals surface area (Å²) < 4.78 is 0. The number of hydrogen-bond donors (Lipinski definition) is 4. The van der Waals surface area contributed by atoms with Gasteiger partial charge in [-0.2, -0.15) is 0 Å².